The lowest BCUT2D eigenvalue weighted by atomic mass is 9.87. The SMILES string of the molecule is COC(=O)C(C)(C)c1cscc1Cl. The summed E-state index contributed by atoms with van der Waals surface area (Å²) < 4.78 is 4.70. The fourth-order valence-electron chi connectivity index (χ4n) is 1.09. The van der Waals surface area contributed by atoms with Crippen molar-refractivity contribution in [3.05, 3.63) is 21.3 Å². The van der Waals surface area contributed by atoms with Crippen LogP contribution in [0, 0.1) is 0 Å². The van der Waals surface area contributed by atoms with Gasteiger partial charge in [-0.1, -0.05) is 11.6 Å². The maximum Gasteiger partial charge on any atom is 0.315 e. The number of carbonyl (C=O) groups excluding carboxylic acids is 1. The van der Waals surface area contributed by atoms with Gasteiger partial charge in [0, 0.05) is 5.38 Å². The highest BCUT2D eigenvalue weighted by Crippen LogP contribution is 2.33. The highest BCUT2D eigenvalue weighted by Gasteiger charge is 2.33. The number of methoxy groups -OCH3 is 1. The number of hydrogen-bond acceptors (Lipinski definition) is 3. The number of halogens is 1. The van der Waals surface area contributed by atoms with E-state index >= 15 is 0 Å². The van der Waals surface area contributed by atoms with E-state index in [1.54, 1.807) is 13.8 Å². The number of esters is 1. The molecule has 0 aliphatic heterocycles. The van der Waals surface area contributed by atoms with Crippen LogP contribution in [0.15, 0.2) is 10.8 Å². The molecule has 1 heterocycles. The van der Waals surface area contributed by atoms with Crippen molar-refractivity contribution in [1.29, 1.82) is 0 Å². The minimum atomic E-state index is -0.661. The molecule has 0 unspecified atom stereocenters. The first-order valence-corrected chi connectivity index (χ1v) is 5.13. The second kappa shape index (κ2) is 3.68. The Morgan fingerprint density at radius 3 is 2.54 bits per heavy atom. The van der Waals surface area contributed by atoms with Gasteiger partial charge in [0.1, 0.15) is 0 Å². The Morgan fingerprint density at radius 2 is 2.15 bits per heavy atom. The zero-order chi connectivity index (χ0) is 10.1. The van der Waals surface area contributed by atoms with E-state index in [-0.39, 0.29) is 5.97 Å². The smallest absolute Gasteiger partial charge is 0.315 e. The summed E-state index contributed by atoms with van der Waals surface area (Å²) in [5.41, 5.74) is 0.164. The van der Waals surface area contributed by atoms with Crippen LogP contribution in [0.3, 0.4) is 0 Å². The number of ether oxygens (including phenoxy) is 1. The second-order valence-corrected chi connectivity index (χ2v) is 4.40. The summed E-state index contributed by atoms with van der Waals surface area (Å²) in [6, 6.07) is 0. The highest BCUT2D eigenvalue weighted by molar-refractivity contribution is 7.08. The van der Waals surface area contributed by atoms with Crippen LogP contribution < -0.4 is 0 Å². The van der Waals surface area contributed by atoms with Gasteiger partial charge in [-0.3, -0.25) is 4.79 Å². The zero-order valence-electron chi connectivity index (χ0n) is 7.76. The van der Waals surface area contributed by atoms with Crippen molar-refractivity contribution in [1.82, 2.24) is 0 Å². The minimum Gasteiger partial charge on any atom is -0.468 e. The summed E-state index contributed by atoms with van der Waals surface area (Å²) in [6.45, 7) is 3.60. The topological polar surface area (TPSA) is 26.3 Å². The van der Waals surface area contributed by atoms with E-state index in [0.29, 0.717) is 5.02 Å². The maximum absolute atomic E-state index is 11.4. The summed E-state index contributed by atoms with van der Waals surface area (Å²) in [5.74, 6) is -0.271. The largest absolute Gasteiger partial charge is 0.468 e. The van der Waals surface area contributed by atoms with E-state index in [4.69, 9.17) is 16.3 Å². The predicted octanol–water partition coefficient (Wildman–Crippen LogP) is 2.85. The van der Waals surface area contributed by atoms with Gasteiger partial charge < -0.3 is 4.74 Å². The van der Waals surface area contributed by atoms with Crippen molar-refractivity contribution in [2.24, 2.45) is 0 Å². The van der Waals surface area contributed by atoms with Crippen LogP contribution >= 0.6 is 22.9 Å². The molecule has 0 spiro atoms. The van der Waals surface area contributed by atoms with Gasteiger partial charge in [-0.05, 0) is 24.8 Å². The second-order valence-electron chi connectivity index (χ2n) is 3.25. The first kappa shape index (κ1) is 10.5. The van der Waals surface area contributed by atoms with Crippen LogP contribution in [-0.4, -0.2) is 13.1 Å². The van der Waals surface area contributed by atoms with Crippen LogP contribution in [0.25, 0.3) is 0 Å². The lowest BCUT2D eigenvalue weighted by Crippen LogP contribution is -2.29. The average molecular weight is 219 g/mol. The Morgan fingerprint density at radius 1 is 1.54 bits per heavy atom. The van der Waals surface area contributed by atoms with Crippen LogP contribution in [0.4, 0.5) is 0 Å². The van der Waals surface area contributed by atoms with Crippen molar-refractivity contribution in [2.45, 2.75) is 19.3 Å². The summed E-state index contributed by atoms with van der Waals surface area (Å²) in [4.78, 5) is 11.4. The van der Waals surface area contributed by atoms with Gasteiger partial charge in [0.25, 0.3) is 0 Å². The molecule has 2 nitrogen and oxygen atoms in total. The van der Waals surface area contributed by atoms with Crippen molar-refractivity contribution < 1.29 is 9.53 Å². The molecule has 72 valence electrons. The lowest BCUT2D eigenvalue weighted by Gasteiger charge is -2.20. The minimum absolute atomic E-state index is 0.271. The summed E-state index contributed by atoms with van der Waals surface area (Å²) >= 11 is 7.41. The predicted molar refractivity (Wildman–Crippen MR) is 54.4 cm³/mol. The Kier molecular flexibility index (Phi) is 2.98. The van der Waals surface area contributed by atoms with Crippen LogP contribution in [0.1, 0.15) is 19.4 Å². The van der Waals surface area contributed by atoms with Crippen LogP contribution in [0.5, 0.6) is 0 Å². The van der Waals surface area contributed by atoms with E-state index in [0.717, 1.165) is 5.56 Å². The van der Waals surface area contributed by atoms with Crippen molar-refractivity contribution in [2.75, 3.05) is 7.11 Å². The van der Waals surface area contributed by atoms with Gasteiger partial charge in [-0.2, -0.15) is 11.3 Å². The molecular formula is C9H11ClO2S. The number of hydrogen-bond donors (Lipinski definition) is 0. The fraction of sp³-hybridized carbons (Fsp3) is 0.444. The summed E-state index contributed by atoms with van der Waals surface area (Å²) in [7, 11) is 1.38. The number of carbonyl (C=O) groups is 1. The normalized spacial score (nSPS) is 11.4. The third-order valence-corrected chi connectivity index (χ3v) is 3.17. The Labute approximate surface area is 86.5 Å². The molecule has 13 heavy (non-hydrogen) atoms. The summed E-state index contributed by atoms with van der Waals surface area (Å²) in [6.07, 6.45) is 0. The van der Waals surface area contributed by atoms with Gasteiger partial charge in [0.15, 0.2) is 0 Å². The van der Waals surface area contributed by atoms with Gasteiger partial charge in [0.2, 0.25) is 0 Å². The first-order chi connectivity index (χ1) is 6.00. The molecule has 0 radical (unpaired) electrons. The molecule has 1 aromatic heterocycles. The third kappa shape index (κ3) is 1.86. The van der Waals surface area contributed by atoms with E-state index in [1.807, 2.05) is 10.8 Å². The first-order valence-electron chi connectivity index (χ1n) is 3.80. The molecule has 0 N–H and O–H groups in total. The van der Waals surface area contributed by atoms with E-state index in [2.05, 4.69) is 0 Å². The molecule has 0 aliphatic rings. The molecule has 0 saturated carbocycles. The Bertz CT molecular complexity index is 317. The third-order valence-electron chi connectivity index (χ3n) is 1.98. The van der Waals surface area contributed by atoms with Gasteiger partial charge in [-0.15, -0.1) is 0 Å². The molecule has 0 saturated heterocycles. The zero-order valence-corrected chi connectivity index (χ0v) is 9.33. The van der Waals surface area contributed by atoms with E-state index in [1.165, 1.54) is 18.4 Å². The van der Waals surface area contributed by atoms with Crippen molar-refractivity contribution in [3.8, 4) is 0 Å². The van der Waals surface area contributed by atoms with Crippen LogP contribution in [-0.2, 0) is 14.9 Å². The molecule has 0 fully saturated rings. The summed E-state index contributed by atoms with van der Waals surface area (Å²) in [5, 5.41) is 4.31. The Balaban J connectivity index is 3.07. The quantitative estimate of drug-likeness (QED) is 0.714. The van der Waals surface area contributed by atoms with Gasteiger partial charge in [-0.25, -0.2) is 0 Å². The molecule has 4 heteroatoms. The molecule has 0 aliphatic carbocycles. The molecule has 0 atom stereocenters. The number of thiophene rings is 1. The number of rotatable bonds is 2. The maximum atomic E-state index is 11.4. The molecule has 1 aromatic rings. The van der Waals surface area contributed by atoms with Gasteiger partial charge >= 0.3 is 5.97 Å². The Hall–Kier alpha value is -0.540. The molecular weight excluding hydrogens is 208 g/mol. The average Bonchev–Trinajstić information content (AvgIpc) is 2.50. The standard InChI is InChI=1S/C9H11ClO2S/c1-9(2,8(11)12-3)6-4-13-5-7(6)10/h4-5H,1-3H3. The molecule has 0 aromatic carbocycles. The van der Waals surface area contributed by atoms with E-state index in [9.17, 15) is 4.79 Å². The van der Waals surface area contributed by atoms with Crippen molar-refractivity contribution >= 4 is 28.9 Å². The highest BCUT2D eigenvalue weighted by atomic mass is 35.5. The molecule has 0 bridgehead atoms. The van der Waals surface area contributed by atoms with E-state index < -0.39 is 5.41 Å². The van der Waals surface area contributed by atoms with Crippen molar-refractivity contribution in [3.63, 3.8) is 0 Å². The molecule has 0 amide bonds. The molecule has 1 rings (SSSR count). The van der Waals surface area contributed by atoms with Gasteiger partial charge in [0.05, 0.1) is 17.5 Å². The fourth-order valence-corrected chi connectivity index (χ4v) is 2.47. The monoisotopic (exact) mass is 218 g/mol. The van der Waals surface area contributed by atoms with Crippen LogP contribution in [0.2, 0.25) is 5.02 Å². The lowest BCUT2D eigenvalue weighted by molar-refractivity contribution is -0.146.